The second-order valence-corrected chi connectivity index (χ2v) is 3.56. The first kappa shape index (κ1) is 13.2. The van der Waals surface area contributed by atoms with E-state index < -0.39 is 0 Å². The molecule has 14 heavy (non-hydrogen) atoms. The molecule has 0 unspecified atom stereocenters. The van der Waals surface area contributed by atoms with Gasteiger partial charge in [-0.1, -0.05) is 32.8 Å². The van der Waals surface area contributed by atoms with Crippen LogP contribution in [0, 0.1) is 5.92 Å². The molecule has 0 aliphatic rings. The van der Waals surface area contributed by atoms with Gasteiger partial charge < -0.3 is 4.90 Å². The monoisotopic (exact) mass is 197 g/mol. The number of hydrogen-bond donors (Lipinski definition) is 0. The summed E-state index contributed by atoms with van der Waals surface area (Å²) in [6.45, 7) is 9.98. The number of likely N-dealkylation sites (N-methyl/N-ethyl adjacent to an activating group) is 1. The zero-order valence-electron chi connectivity index (χ0n) is 9.92. The predicted octanol–water partition coefficient (Wildman–Crippen LogP) is 2.85. The van der Waals surface area contributed by atoms with Gasteiger partial charge in [-0.25, -0.2) is 0 Å². The minimum atomic E-state index is 0.141. The van der Waals surface area contributed by atoms with Gasteiger partial charge in [0, 0.05) is 13.1 Å². The van der Waals surface area contributed by atoms with E-state index in [4.69, 9.17) is 0 Å². The van der Waals surface area contributed by atoms with Crippen molar-refractivity contribution in [2.24, 2.45) is 5.92 Å². The number of allylic oxidation sites excluding steroid dienone is 1. The second kappa shape index (κ2) is 7.60. The molecule has 0 atom stereocenters. The third kappa shape index (κ3) is 4.45. The third-order valence-corrected chi connectivity index (χ3v) is 2.64. The minimum Gasteiger partial charge on any atom is -0.339 e. The Morgan fingerprint density at radius 2 is 1.86 bits per heavy atom. The Balaban J connectivity index is 4.19. The van der Waals surface area contributed by atoms with E-state index in [1.165, 1.54) is 0 Å². The van der Waals surface area contributed by atoms with Gasteiger partial charge in [-0.15, -0.1) is 0 Å². The van der Waals surface area contributed by atoms with Crippen LogP contribution < -0.4 is 0 Å². The highest BCUT2D eigenvalue weighted by Gasteiger charge is 2.12. The van der Waals surface area contributed by atoms with Crippen molar-refractivity contribution in [2.45, 2.75) is 40.5 Å². The average molecular weight is 197 g/mol. The lowest BCUT2D eigenvalue weighted by Gasteiger charge is -2.24. The van der Waals surface area contributed by atoms with Gasteiger partial charge in [0.05, 0.1) is 0 Å². The fourth-order valence-corrected chi connectivity index (χ4v) is 1.48. The number of hydrogen-bond acceptors (Lipinski definition) is 1. The molecule has 0 radical (unpaired) electrons. The molecule has 0 aliphatic carbocycles. The van der Waals surface area contributed by atoms with Crippen LogP contribution in [0.15, 0.2) is 12.2 Å². The summed E-state index contributed by atoms with van der Waals surface area (Å²) in [5, 5.41) is 0. The van der Waals surface area contributed by atoms with Gasteiger partial charge in [-0.3, -0.25) is 4.79 Å². The number of rotatable bonds is 6. The molecule has 0 aromatic carbocycles. The van der Waals surface area contributed by atoms with Crippen LogP contribution in [0.3, 0.4) is 0 Å². The van der Waals surface area contributed by atoms with Gasteiger partial charge in [-0.2, -0.15) is 0 Å². The van der Waals surface area contributed by atoms with Crippen LogP contribution >= 0.6 is 0 Å². The molecular formula is C12H23NO. The Labute approximate surface area is 88.0 Å². The summed E-state index contributed by atoms with van der Waals surface area (Å²) >= 11 is 0. The quantitative estimate of drug-likeness (QED) is 0.600. The van der Waals surface area contributed by atoms with Crippen molar-refractivity contribution in [1.29, 1.82) is 0 Å². The molecule has 0 spiro atoms. The molecule has 2 nitrogen and oxygen atoms in total. The number of amides is 1. The van der Waals surface area contributed by atoms with Crippen LogP contribution in [0.4, 0.5) is 0 Å². The van der Waals surface area contributed by atoms with E-state index in [9.17, 15) is 4.79 Å². The number of carbonyl (C=O) groups excluding carboxylic acids is 1. The highest BCUT2D eigenvalue weighted by molar-refractivity contribution is 5.87. The Bertz CT molecular complexity index is 183. The minimum absolute atomic E-state index is 0.141. The lowest BCUT2D eigenvalue weighted by Crippen LogP contribution is -2.33. The summed E-state index contributed by atoms with van der Waals surface area (Å²) in [6.07, 6.45) is 5.75. The third-order valence-electron chi connectivity index (χ3n) is 2.64. The van der Waals surface area contributed by atoms with E-state index in [2.05, 4.69) is 13.8 Å². The summed E-state index contributed by atoms with van der Waals surface area (Å²) in [6, 6.07) is 0. The van der Waals surface area contributed by atoms with Crippen LogP contribution in [0.2, 0.25) is 0 Å². The van der Waals surface area contributed by atoms with Crippen molar-refractivity contribution < 1.29 is 4.79 Å². The van der Waals surface area contributed by atoms with Crippen molar-refractivity contribution in [3.8, 4) is 0 Å². The molecule has 0 saturated carbocycles. The molecule has 2 heteroatoms. The molecule has 82 valence electrons. The van der Waals surface area contributed by atoms with Crippen LogP contribution in [-0.4, -0.2) is 23.9 Å². The number of nitrogens with zero attached hydrogens (tertiary/aromatic N) is 1. The van der Waals surface area contributed by atoms with Crippen molar-refractivity contribution in [3.63, 3.8) is 0 Å². The second-order valence-electron chi connectivity index (χ2n) is 3.56. The highest BCUT2D eigenvalue weighted by Crippen LogP contribution is 2.10. The first-order chi connectivity index (χ1) is 6.69. The maximum atomic E-state index is 11.6. The lowest BCUT2D eigenvalue weighted by molar-refractivity contribution is -0.126. The van der Waals surface area contributed by atoms with Crippen LogP contribution in [0.5, 0.6) is 0 Å². The molecule has 0 N–H and O–H groups in total. The molecular weight excluding hydrogens is 174 g/mol. The maximum Gasteiger partial charge on any atom is 0.246 e. The SMILES string of the molecule is CC=CC(=O)N(CC)CC(CC)CC. The molecule has 0 aromatic heterocycles. The highest BCUT2D eigenvalue weighted by atomic mass is 16.2. The van der Waals surface area contributed by atoms with Gasteiger partial charge in [0.15, 0.2) is 0 Å². The van der Waals surface area contributed by atoms with Crippen LogP contribution in [0.25, 0.3) is 0 Å². The fraction of sp³-hybridized carbons (Fsp3) is 0.750. The Morgan fingerprint density at radius 1 is 1.29 bits per heavy atom. The van der Waals surface area contributed by atoms with Crippen molar-refractivity contribution in [3.05, 3.63) is 12.2 Å². The Morgan fingerprint density at radius 3 is 2.21 bits per heavy atom. The van der Waals surface area contributed by atoms with E-state index in [0.717, 1.165) is 25.9 Å². The zero-order chi connectivity index (χ0) is 11.0. The zero-order valence-corrected chi connectivity index (χ0v) is 9.92. The molecule has 0 aromatic rings. The fourth-order valence-electron chi connectivity index (χ4n) is 1.48. The smallest absolute Gasteiger partial charge is 0.246 e. The standard InChI is InChI=1S/C12H23NO/c1-5-9-12(14)13(8-4)10-11(6-2)7-3/h5,9,11H,6-8,10H2,1-4H3. The summed E-state index contributed by atoms with van der Waals surface area (Å²) < 4.78 is 0. The largest absolute Gasteiger partial charge is 0.339 e. The first-order valence-corrected chi connectivity index (χ1v) is 5.61. The molecule has 0 heterocycles. The van der Waals surface area contributed by atoms with Crippen LogP contribution in [0.1, 0.15) is 40.5 Å². The molecule has 0 bridgehead atoms. The predicted molar refractivity (Wildman–Crippen MR) is 61.1 cm³/mol. The topological polar surface area (TPSA) is 20.3 Å². The van der Waals surface area contributed by atoms with Crippen molar-refractivity contribution >= 4 is 5.91 Å². The van der Waals surface area contributed by atoms with E-state index in [1.807, 2.05) is 18.7 Å². The molecule has 0 fully saturated rings. The van der Waals surface area contributed by atoms with Crippen molar-refractivity contribution in [2.75, 3.05) is 13.1 Å². The maximum absolute atomic E-state index is 11.6. The average Bonchev–Trinajstić information content (AvgIpc) is 2.20. The van der Waals surface area contributed by atoms with Crippen molar-refractivity contribution in [1.82, 2.24) is 4.90 Å². The van der Waals surface area contributed by atoms with Gasteiger partial charge in [-0.05, 0) is 25.8 Å². The lowest BCUT2D eigenvalue weighted by atomic mass is 10.0. The Hall–Kier alpha value is -0.790. The van der Waals surface area contributed by atoms with Gasteiger partial charge in [0.1, 0.15) is 0 Å². The summed E-state index contributed by atoms with van der Waals surface area (Å²) in [7, 11) is 0. The molecule has 0 saturated heterocycles. The van der Waals surface area contributed by atoms with Gasteiger partial charge in [0.2, 0.25) is 5.91 Å². The summed E-state index contributed by atoms with van der Waals surface area (Å²) in [4.78, 5) is 13.5. The first-order valence-electron chi connectivity index (χ1n) is 5.61. The number of carbonyl (C=O) groups is 1. The van der Waals surface area contributed by atoms with E-state index >= 15 is 0 Å². The van der Waals surface area contributed by atoms with Gasteiger partial charge >= 0.3 is 0 Å². The Kier molecular flexibility index (Phi) is 7.17. The molecule has 0 aliphatic heterocycles. The normalized spacial score (nSPS) is 11.2. The summed E-state index contributed by atoms with van der Waals surface area (Å²) in [5.41, 5.74) is 0. The molecule has 1 amide bonds. The van der Waals surface area contributed by atoms with Gasteiger partial charge in [0.25, 0.3) is 0 Å². The van der Waals surface area contributed by atoms with Crippen LogP contribution in [-0.2, 0) is 4.79 Å². The molecule has 0 rings (SSSR count). The van der Waals surface area contributed by atoms with E-state index in [1.54, 1.807) is 12.2 Å². The summed E-state index contributed by atoms with van der Waals surface area (Å²) in [5.74, 6) is 0.783. The van der Waals surface area contributed by atoms with E-state index in [0.29, 0.717) is 5.92 Å². The van der Waals surface area contributed by atoms with E-state index in [-0.39, 0.29) is 5.91 Å².